The third kappa shape index (κ3) is 2.68. The number of amides is 1. The summed E-state index contributed by atoms with van der Waals surface area (Å²) in [4.78, 5) is 24.1. The number of carbonyl (C=O) groups excluding carboxylic acids is 1. The van der Waals surface area contributed by atoms with Crippen LogP contribution in [0.25, 0.3) is 0 Å². The van der Waals surface area contributed by atoms with Crippen molar-refractivity contribution in [1.82, 2.24) is 20.3 Å². The molecule has 0 saturated carbocycles. The van der Waals surface area contributed by atoms with Gasteiger partial charge in [-0.05, 0) is 25.5 Å². The molecule has 2 aromatic rings. The molecule has 0 bridgehead atoms. The first-order chi connectivity index (χ1) is 8.68. The molecule has 0 radical (unpaired) electrons. The predicted molar refractivity (Wildman–Crippen MR) is 66.9 cm³/mol. The Kier molecular flexibility index (Phi) is 3.62. The van der Waals surface area contributed by atoms with Crippen molar-refractivity contribution in [2.75, 3.05) is 0 Å². The van der Waals surface area contributed by atoms with Crippen molar-refractivity contribution in [3.8, 4) is 0 Å². The largest absolute Gasteiger partial charge is 0.348 e. The Hall–Kier alpha value is -2.30. The number of aryl methyl sites for hydroxylation is 2. The van der Waals surface area contributed by atoms with Gasteiger partial charge in [0.05, 0.1) is 17.0 Å². The number of carbonyl (C=O) groups is 1. The average Bonchev–Trinajstić information content (AvgIpc) is 2.37. The Balaban J connectivity index is 2.09. The quantitative estimate of drug-likeness (QED) is 0.883. The summed E-state index contributed by atoms with van der Waals surface area (Å²) in [6.07, 6.45) is 4.88. The van der Waals surface area contributed by atoms with Gasteiger partial charge in [0, 0.05) is 18.9 Å². The third-order valence-corrected chi connectivity index (χ3v) is 2.63. The fourth-order valence-electron chi connectivity index (χ4n) is 1.70. The van der Waals surface area contributed by atoms with Crippen molar-refractivity contribution in [1.29, 1.82) is 0 Å². The van der Waals surface area contributed by atoms with Crippen LogP contribution in [0.1, 0.15) is 27.3 Å². The Labute approximate surface area is 105 Å². The topological polar surface area (TPSA) is 67.8 Å². The Morgan fingerprint density at radius 3 is 2.61 bits per heavy atom. The summed E-state index contributed by atoms with van der Waals surface area (Å²) in [5.41, 5.74) is 2.87. The Morgan fingerprint density at radius 1 is 1.28 bits per heavy atom. The van der Waals surface area contributed by atoms with Crippen LogP contribution in [0.5, 0.6) is 0 Å². The first-order valence-corrected chi connectivity index (χ1v) is 5.64. The highest BCUT2D eigenvalue weighted by molar-refractivity contribution is 5.96. The fraction of sp³-hybridized carbons (Fsp3) is 0.231. The molecule has 1 amide bonds. The molecule has 0 saturated heterocycles. The summed E-state index contributed by atoms with van der Waals surface area (Å²) in [7, 11) is 0. The van der Waals surface area contributed by atoms with E-state index in [9.17, 15) is 4.79 Å². The summed E-state index contributed by atoms with van der Waals surface area (Å²) in [5, 5.41) is 2.84. The first-order valence-electron chi connectivity index (χ1n) is 5.64. The van der Waals surface area contributed by atoms with Gasteiger partial charge < -0.3 is 5.32 Å². The minimum absolute atomic E-state index is 0.158. The number of hydrogen-bond acceptors (Lipinski definition) is 4. The summed E-state index contributed by atoms with van der Waals surface area (Å²) in [5.74, 6) is -0.158. The lowest BCUT2D eigenvalue weighted by atomic mass is 10.1. The average molecular weight is 242 g/mol. The van der Waals surface area contributed by atoms with Gasteiger partial charge in [0.25, 0.3) is 5.91 Å². The van der Waals surface area contributed by atoms with E-state index >= 15 is 0 Å². The van der Waals surface area contributed by atoms with E-state index in [1.807, 2.05) is 12.1 Å². The smallest absolute Gasteiger partial charge is 0.255 e. The van der Waals surface area contributed by atoms with Crippen molar-refractivity contribution in [2.45, 2.75) is 20.4 Å². The Bertz CT molecular complexity index is 534. The highest BCUT2D eigenvalue weighted by Crippen LogP contribution is 2.08. The monoisotopic (exact) mass is 242 g/mol. The molecule has 0 aromatic carbocycles. The van der Waals surface area contributed by atoms with E-state index in [2.05, 4.69) is 20.3 Å². The zero-order valence-electron chi connectivity index (χ0n) is 10.3. The first kappa shape index (κ1) is 12.2. The molecule has 0 unspecified atom stereocenters. The summed E-state index contributed by atoms with van der Waals surface area (Å²) in [6.45, 7) is 4.04. The van der Waals surface area contributed by atoms with Gasteiger partial charge in [0.15, 0.2) is 0 Å². The van der Waals surface area contributed by atoms with Crippen molar-refractivity contribution >= 4 is 5.91 Å². The number of pyridine rings is 1. The van der Waals surface area contributed by atoms with Crippen LogP contribution in [0, 0.1) is 13.8 Å². The van der Waals surface area contributed by atoms with E-state index in [1.54, 1.807) is 26.2 Å². The fourth-order valence-corrected chi connectivity index (χ4v) is 1.70. The van der Waals surface area contributed by atoms with Gasteiger partial charge in [-0.25, -0.2) is 9.97 Å². The zero-order chi connectivity index (χ0) is 13.0. The van der Waals surface area contributed by atoms with Crippen LogP contribution in [0.2, 0.25) is 0 Å². The van der Waals surface area contributed by atoms with E-state index in [0.717, 1.165) is 5.56 Å². The van der Waals surface area contributed by atoms with E-state index in [0.29, 0.717) is 23.5 Å². The van der Waals surface area contributed by atoms with E-state index in [4.69, 9.17) is 0 Å². The lowest BCUT2D eigenvalue weighted by Crippen LogP contribution is -2.25. The minimum Gasteiger partial charge on any atom is -0.348 e. The summed E-state index contributed by atoms with van der Waals surface area (Å²) >= 11 is 0. The minimum atomic E-state index is -0.158. The second kappa shape index (κ2) is 5.35. The summed E-state index contributed by atoms with van der Waals surface area (Å²) < 4.78 is 0. The lowest BCUT2D eigenvalue weighted by molar-refractivity contribution is 0.0948. The lowest BCUT2D eigenvalue weighted by Gasteiger charge is -2.08. The highest BCUT2D eigenvalue weighted by Gasteiger charge is 2.13. The maximum absolute atomic E-state index is 12.0. The number of nitrogens with one attached hydrogen (secondary N) is 1. The molecule has 0 fully saturated rings. The van der Waals surface area contributed by atoms with Crippen LogP contribution in [-0.2, 0) is 6.54 Å². The molecule has 1 N–H and O–H groups in total. The van der Waals surface area contributed by atoms with Gasteiger partial charge in [-0.15, -0.1) is 0 Å². The van der Waals surface area contributed by atoms with Crippen LogP contribution >= 0.6 is 0 Å². The molecule has 0 aliphatic carbocycles. The van der Waals surface area contributed by atoms with Gasteiger partial charge in [0.1, 0.15) is 6.33 Å². The van der Waals surface area contributed by atoms with Crippen molar-refractivity contribution in [3.63, 3.8) is 0 Å². The third-order valence-electron chi connectivity index (χ3n) is 2.63. The van der Waals surface area contributed by atoms with Gasteiger partial charge in [-0.1, -0.05) is 6.07 Å². The molecular formula is C13H14N4O. The van der Waals surface area contributed by atoms with Crippen molar-refractivity contribution in [3.05, 3.63) is 53.4 Å². The molecule has 2 aromatic heterocycles. The van der Waals surface area contributed by atoms with Crippen LogP contribution in [-0.4, -0.2) is 20.9 Å². The molecule has 5 heteroatoms. The standard InChI is InChI=1S/C13H14N4O/c1-9-12(10(2)17-8-16-9)13(18)15-7-11-4-3-5-14-6-11/h3-6,8H,7H2,1-2H3,(H,15,18). The van der Waals surface area contributed by atoms with Gasteiger partial charge in [-0.2, -0.15) is 0 Å². The predicted octanol–water partition coefficient (Wildman–Crippen LogP) is 1.42. The number of aromatic nitrogens is 3. The molecule has 2 rings (SSSR count). The van der Waals surface area contributed by atoms with Crippen LogP contribution in [0.4, 0.5) is 0 Å². The van der Waals surface area contributed by atoms with Crippen molar-refractivity contribution in [2.24, 2.45) is 0 Å². The molecular weight excluding hydrogens is 228 g/mol. The normalized spacial score (nSPS) is 10.1. The number of nitrogens with zero attached hydrogens (tertiary/aromatic N) is 3. The number of hydrogen-bond donors (Lipinski definition) is 1. The zero-order valence-corrected chi connectivity index (χ0v) is 10.3. The maximum Gasteiger partial charge on any atom is 0.255 e. The van der Waals surface area contributed by atoms with Crippen LogP contribution in [0.15, 0.2) is 30.9 Å². The van der Waals surface area contributed by atoms with E-state index in [1.165, 1.54) is 6.33 Å². The second-order valence-electron chi connectivity index (χ2n) is 3.96. The SMILES string of the molecule is Cc1ncnc(C)c1C(=O)NCc1cccnc1. The van der Waals surface area contributed by atoms with E-state index < -0.39 is 0 Å². The van der Waals surface area contributed by atoms with Crippen LogP contribution in [0.3, 0.4) is 0 Å². The van der Waals surface area contributed by atoms with Crippen molar-refractivity contribution < 1.29 is 4.79 Å². The number of rotatable bonds is 3. The van der Waals surface area contributed by atoms with Crippen LogP contribution < -0.4 is 5.32 Å². The molecule has 92 valence electrons. The Morgan fingerprint density at radius 2 is 2.00 bits per heavy atom. The molecule has 0 aliphatic heterocycles. The highest BCUT2D eigenvalue weighted by atomic mass is 16.1. The molecule has 0 spiro atoms. The van der Waals surface area contributed by atoms with Gasteiger partial charge in [0.2, 0.25) is 0 Å². The molecule has 2 heterocycles. The molecule has 5 nitrogen and oxygen atoms in total. The van der Waals surface area contributed by atoms with Gasteiger partial charge >= 0.3 is 0 Å². The van der Waals surface area contributed by atoms with Gasteiger partial charge in [-0.3, -0.25) is 9.78 Å². The molecule has 0 aliphatic rings. The molecule has 0 atom stereocenters. The maximum atomic E-state index is 12.0. The molecule has 18 heavy (non-hydrogen) atoms. The van der Waals surface area contributed by atoms with E-state index in [-0.39, 0.29) is 5.91 Å². The summed E-state index contributed by atoms with van der Waals surface area (Å²) in [6, 6.07) is 3.75. The second-order valence-corrected chi connectivity index (χ2v) is 3.96.